The Balaban J connectivity index is 1.62. The maximum atomic E-state index is 11.4. The number of pyridine rings is 1. The second-order valence-corrected chi connectivity index (χ2v) is 7.11. The number of nitro benzene ring substituents is 1. The van der Waals surface area contributed by atoms with Crippen molar-refractivity contribution in [2.24, 2.45) is 0 Å². The molecule has 1 unspecified atom stereocenters. The van der Waals surface area contributed by atoms with Gasteiger partial charge in [-0.05, 0) is 35.9 Å². The molecule has 156 valence electrons. The molecule has 1 fully saturated rings. The quantitative estimate of drug-likeness (QED) is 0.471. The van der Waals surface area contributed by atoms with Crippen LogP contribution in [0.5, 0.6) is 5.75 Å². The average Bonchev–Trinajstić information content (AvgIpc) is 2.80. The topological polar surface area (TPSA) is 89.8 Å². The second-order valence-electron chi connectivity index (χ2n) is 7.11. The number of non-ortho nitro benzene ring substituents is 1. The van der Waals surface area contributed by atoms with Gasteiger partial charge in [0.25, 0.3) is 5.69 Å². The van der Waals surface area contributed by atoms with E-state index in [1.54, 1.807) is 31.5 Å². The van der Waals surface area contributed by atoms with E-state index in [2.05, 4.69) is 27.3 Å². The molecule has 1 saturated heterocycles. The zero-order chi connectivity index (χ0) is 20.9. The van der Waals surface area contributed by atoms with Crippen molar-refractivity contribution in [2.45, 2.75) is 6.04 Å². The Kier molecular flexibility index (Phi) is 6.06. The van der Waals surface area contributed by atoms with Crippen LogP contribution in [0, 0.1) is 10.1 Å². The first kappa shape index (κ1) is 20.1. The summed E-state index contributed by atoms with van der Waals surface area (Å²) in [6.07, 6.45) is 1.65. The zero-order valence-electron chi connectivity index (χ0n) is 16.8. The van der Waals surface area contributed by atoms with Crippen molar-refractivity contribution in [2.75, 3.05) is 45.3 Å². The maximum Gasteiger partial charge on any atom is 0.278 e. The predicted molar refractivity (Wildman–Crippen MR) is 115 cm³/mol. The van der Waals surface area contributed by atoms with E-state index >= 15 is 0 Å². The van der Waals surface area contributed by atoms with E-state index < -0.39 is 0 Å². The van der Waals surface area contributed by atoms with Crippen LogP contribution < -0.4 is 10.1 Å². The summed E-state index contributed by atoms with van der Waals surface area (Å²) in [5.74, 6) is 0.818. The summed E-state index contributed by atoms with van der Waals surface area (Å²) in [5.41, 5.74) is 2.61. The van der Waals surface area contributed by atoms with Crippen LogP contribution in [0.15, 0.2) is 54.7 Å². The molecule has 4 rings (SSSR count). The Morgan fingerprint density at radius 2 is 1.97 bits per heavy atom. The molecule has 0 saturated carbocycles. The molecule has 1 aliphatic rings. The molecular weight excluding hydrogens is 384 g/mol. The lowest BCUT2D eigenvalue weighted by molar-refractivity contribution is -0.383. The van der Waals surface area contributed by atoms with Crippen LogP contribution in [0.25, 0.3) is 10.9 Å². The standard InChI is InChI=1S/C22H24N4O4/c1-29-17-6-4-16(5-7-17)21(25-11-13-30-14-12-25)15-24-19-8-9-20(26(27)28)18-3-2-10-23-22(18)19/h2-10,21,24H,11-15H2,1H3. The minimum atomic E-state index is -0.373. The Morgan fingerprint density at radius 1 is 1.20 bits per heavy atom. The van der Waals surface area contributed by atoms with Gasteiger partial charge in [-0.15, -0.1) is 0 Å². The number of hydrogen-bond acceptors (Lipinski definition) is 7. The molecule has 1 atom stereocenters. The van der Waals surface area contributed by atoms with E-state index in [1.165, 1.54) is 11.6 Å². The number of aromatic nitrogens is 1. The molecule has 3 aromatic rings. The molecule has 2 heterocycles. The van der Waals surface area contributed by atoms with Crippen LogP contribution in [0.2, 0.25) is 0 Å². The SMILES string of the molecule is COc1ccc(C(CNc2ccc([N+](=O)[O-])c3cccnc23)N2CCOCC2)cc1. The Morgan fingerprint density at radius 3 is 2.67 bits per heavy atom. The molecule has 8 heteroatoms. The first-order valence-electron chi connectivity index (χ1n) is 9.89. The average molecular weight is 408 g/mol. The van der Waals surface area contributed by atoms with Crippen molar-refractivity contribution in [3.05, 3.63) is 70.4 Å². The van der Waals surface area contributed by atoms with E-state index in [-0.39, 0.29) is 16.7 Å². The minimum absolute atomic E-state index is 0.0588. The van der Waals surface area contributed by atoms with Crippen molar-refractivity contribution in [1.29, 1.82) is 0 Å². The highest BCUT2D eigenvalue weighted by atomic mass is 16.6. The third-order valence-electron chi connectivity index (χ3n) is 5.42. The number of nitro groups is 1. The van der Waals surface area contributed by atoms with Crippen LogP contribution in [0.1, 0.15) is 11.6 Å². The van der Waals surface area contributed by atoms with Gasteiger partial charge in [0.05, 0.1) is 42.4 Å². The van der Waals surface area contributed by atoms with Crippen molar-refractivity contribution in [1.82, 2.24) is 9.88 Å². The molecule has 0 aliphatic carbocycles. The maximum absolute atomic E-state index is 11.4. The molecule has 0 bridgehead atoms. The predicted octanol–water partition coefficient (Wildman–Crippen LogP) is 3.64. The number of fused-ring (bicyclic) bond motifs is 1. The van der Waals surface area contributed by atoms with E-state index in [1.807, 2.05) is 12.1 Å². The molecule has 1 aromatic heterocycles. The summed E-state index contributed by atoms with van der Waals surface area (Å²) in [4.78, 5) is 17.8. The smallest absolute Gasteiger partial charge is 0.278 e. The molecule has 0 spiro atoms. The normalized spacial score (nSPS) is 15.6. The highest BCUT2D eigenvalue weighted by Gasteiger charge is 2.23. The van der Waals surface area contributed by atoms with Crippen molar-refractivity contribution < 1.29 is 14.4 Å². The van der Waals surface area contributed by atoms with Gasteiger partial charge in [-0.1, -0.05) is 12.1 Å². The first-order chi connectivity index (χ1) is 14.7. The van der Waals surface area contributed by atoms with Gasteiger partial charge in [0.15, 0.2) is 0 Å². The van der Waals surface area contributed by atoms with Crippen molar-refractivity contribution in [3.8, 4) is 5.75 Å². The van der Waals surface area contributed by atoms with Crippen molar-refractivity contribution >= 4 is 22.3 Å². The van der Waals surface area contributed by atoms with Gasteiger partial charge in [0, 0.05) is 31.9 Å². The first-order valence-corrected chi connectivity index (χ1v) is 9.89. The highest BCUT2D eigenvalue weighted by Crippen LogP contribution is 2.31. The molecular formula is C22H24N4O4. The largest absolute Gasteiger partial charge is 0.497 e. The summed E-state index contributed by atoms with van der Waals surface area (Å²) >= 11 is 0. The number of benzene rings is 2. The third-order valence-corrected chi connectivity index (χ3v) is 5.42. The summed E-state index contributed by atoms with van der Waals surface area (Å²) < 4.78 is 10.8. The summed E-state index contributed by atoms with van der Waals surface area (Å²) in [5, 5.41) is 15.4. The summed E-state index contributed by atoms with van der Waals surface area (Å²) in [7, 11) is 1.66. The van der Waals surface area contributed by atoms with Gasteiger partial charge in [0.2, 0.25) is 0 Å². The zero-order valence-corrected chi connectivity index (χ0v) is 16.8. The third kappa shape index (κ3) is 4.19. The Bertz CT molecular complexity index is 1020. The van der Waals surface area contributed by atoms with E-state index in [4.69, 9.17) is 9.47 Å². The Hall–Kier alpha value is -3.23. The minimum Gasteiger partial charge on any atom is -0.497 e. The number of methoxy groups -OCH3 is 1. The Labute approximate surface area is 174 Å². The van der Waals surface area contributed by atoms with Gasteiger partial charge >= 0.3 is 0 Å². The second kappa shape index (κ2) is 9.06. The molecule has 30 heavy (non-hydrogen) atoms. The number of rotatable bonds is 7. The number of nitrogens with zero attached hydrogens (tertiary/aromatic N) is 3. The number of hydrogen-bond donors (Lipinski definition) is 1. The molecule has 1 aliphatic heterocycles. The fraction of sp³-hybridized carbons (Fsp3) is 0.318. The van der Waals surface area contributed by atoms with E-state index in [0.717, 1.165) is 24.5 Å². The monoisotopic (exact) mass is 408 g/mol. The number of morpholine rings is 1. The van der Waals surface area contributed by atoms with Gasteiger partial charge in [-0.25, -0.2) is 0 Å². The van der Waals surface area contributed by atoms with E-state index in [9.17, 15) is 10.1 Å². The highest BCUT2D eigenvalue weighted by molar-refractivity contribution is 5.96. The van der Waals surface area contributed by atoms with Crippen LogP contribution in [-0.2, 0) is 4.74 Å². The fourth-order valence-electron chi connectivity index (χ4n) is 3.84. The van der Waals surface area contributed by atoms with Crippen molar-refractivity contribution in [3.63, 3.8) is 0 Å². The number of anilines is 1. The van der Waals surface area contributed by atoms with Crippen LogP contribution in [0.4, 0.5) is 11.4 Å². The fourth-order valence-corrected chi connectivity index (χ4v) is 3.84. The van der Waals surface area contributed by atoms with E-state index in [0.29, 0.717) is 30.7 Å². The van der Waals surface area contributed by atoms with Crippen LogP contribution >= 0.6 is 0 Å². The van der Waals surface area contributed by atoms with Gasteiger partial charge in [-0.2, -0.15) is 0 Å². The van der Waals surface area contributed by atoms with Gasteiger partial charge < -0.3 is 14.8 Å². The van der Waals surface area contributed by atoms with Crippen LogP contribution in [-0.4, -0.2) is 54.8 Å². The van der Waals surface area contributed by atoms with Crippen LogP contribution in [0.3, 0.4) is 0 Å². The molecule has 0 amide bonds. The molecule has 2 aromatic carbocycles. The molecule has 8 nitrogen and oxygen atoms in total. The number of ether oxygens (including phenoxy) is 2. The molecule has 0 radical (unpaired) electrons. The lowest BCUT2D eigenvalue weighted by atomic mass is 10.0. The summed E-state index contributed by atoms with van der Waals surface area (Å²) in [6, 6.07) is 14.9. The lowest BCUT2D eigenvalue weighted by Crippen LogP contribution is -2.41. The van der Waals surface area contributed by atoms with Gasteiger partial charge in [-0.3, -0.25) is 20.0 Å². The summed E-state index contributed by atoms with van der Waals surface area (Å²) in [6.45, 7) is 3.73. The lowest BCUT2D eigenvalue weighted by Gasteiger charge is -2.35. The molecule has 1 N–H and O–H groups in total. The number of nitrogens with one attached hydrogen (secondary N) is 1. The van der Waals surface area contributed by atoms with Gasteiger partial charge in [0.1, 0.15) is 11.3 Å².